The molecule has 1 amide bonds. The molecule has 6 heteroatoms. The molecule has 2 unspecified atom stereocenters. The molecule has 2 atom stereocenters. The van der Waals surface area contributed by atoms with Gasteiger partial charge in [-0.3, -0.25) is 9.59 Å². The van der Waals surface area contributed by atoms with E-state index < -0.39 is 12.1 Å². The average molecular weight is 1170 g/mol. The minimum atomic E-state index is -0.665. The van der Waals surface area contributed by atoms with Crippen molar-refractivity contribution < 1.29 is 24.5 Å². The largest absolute Gasteiger partial charge is 0.466 e. The minimum Gasteiger partial charge on any atom is -0.466 e. The summed E-state index contributed by atoms with van der Waals surface area (Å²) in [6.45, 7) is 4.98. The normalized spacial score (nSPS) is 12.7. The van der Waals surface area contributed by atoms with Gasteiger partial charge in [-0.25, -0.2) is 0 Å². The predicted molar refractivity (Wildman–Crippen MR) is 366 cm³/mol. The fourth-order valence-electron chi connectivity index (χ4n) is 11.9. The molecule has 0 heterocycles. The van der Waals surface area contributed by atoms with Crippen LogP contribution in [-0.4, -0.2) is 47.4 Å². The number of ether oxygens (including phenoxy) is 1. The first-order valence-electron chi connectivity index (χ1n) is 37.7. The molecule has 0 aliphatic rings. The fourth-order valence-corrected chi connectivity index (χ4v) is 11.9. The van der Waals surface area contributed by atoms with Crippen molar-refractivity contribution in [2.75, 3.05) is 13.2 Å². The lowest BCUT2D eigenvalue weighted by molar-refractivity contribution is -0.143. The van der Waals surface area contributed by atoms with Crippen LogP contribution in [0.5, 0.6) is 0 Å². The predicted octanol–water partition coefficient (Wildman–Crippen LogP) is 24.7. The topological polar surface area (TPSA) is 95.9 Å². The van der Waals surface area contributed by atoms with E-state index in [0.29, 0.717) is 25.9 Å². The van der Waals surface area contributed by atoms with Gasteiger partial charge in [0.2, 0.25) is 5.91 Å². The van der Waals surface area contributed by atoms with Gasteiger partial charge in [-0.15, -0.1) is 0 Å². The van der Waals surface area contributed by atoms with Crippen LogP contribution < -0.4 is 5.32 Å². The highest BCUT2D eigenvalue weighted by molar-refractivity contribution is 5.76. The third-order valence-corrected chi connectivity index (χ3v) is 17.7. The van der Waals surface area contributed by atoms with Crippen molar-refractivity contribution in [3.63, 3.8) is 0 Å². The van der Waals surface area contributed by atoms with Crippen LogP contribution in [0.1, 0.15) is 418 Å². The first-order chi connectivity index (χ1) is 41.0. The van der Waals surface area contributed by atoms with Crippen LogP contribution in [0.2, 0.25) is 0 Å². The van der Waals surface area contributed by atoms with Crippen LogP contribution in [0.15, 0.2) is 36.5 Å². The number of rotatable bonds is 71. The lowest BCUT2D eigenvalue weighted by Gasteiger charge is -2.22. The third kappa shape index (κ3) is 69.1. The summed E-state index contributed by atoms with van der Waals surface area (Å²) < 4.78 is 5.49. The van der Waals surface area contributed by atoms with Gasteiger partial charge in [0, 0.05) is 12.8 Å². The van der Waals surface area contributed by atoms with Gasteiger partial charge in [0.15, 0.2) is 0 Å². The molecule has 0 aliphatic heterocycles. The van der Waals surface area contributed by atoms with Crippen molar-refractivity contribution in [2.24, 2.45) is 0 Å². The quantitative estimate of drug-likeness (QED) is 0.0320. The first-order valence-corrected chi connectivity index (χ1v) is 37.7. The molecule has 0 saturated heterocycles. The molecule has 0 radical (unpaired) electrons. The lowest BCUT2D eigenvalue weighted by atomic mass is 10.0. The standard InChI is InChI=1S/C77H147NO5/c1-3-5-7-9-11-13-15-17-19-21-35-38-41-45-49-53-57-61-65-69-75(80)74(73-79)78-76(81)70-66-62-58-54-50-46-42-39-36-33-31-29-27-25-23-22-24-26-28-30-32-34-37-40-44-48-52-56-60-64-68-72-83-77(82)71-67-63-59-55-51-47-43-20-18-16-14-12-10-8-6-4-2/h20,24,26,30,32,43,74-75,79-80H,3-19,21-23,25,27-29,31,33-42,44-73H2,1-2H3,(H,78,81)/b26-24-,32-30-,43-20-. The zero-order valence-electron chi connectivity index (χ0n) is 56.2. The van der Waals surface area contributed by atoms with Crippen LogP contribution in [0.4, 0.5) is 0 Å². The molecule has 0 fully saturated rings. The number of allylic oxidation sites excluding steroid dienone is 6. The number of unbranched alkanes of at least 4 members (excludes halogenated alkanes) is 54. The zero-order chi connectivity index (χ0) is 59.9. The molecule has 0 aliphatic carbocycles. The highest BCUT2D eigenvalue weighted by Gasteiger charge is 2.20. The number of hydrogen-bond donors (Lipinski definition) is 3. The van der Waals surface area contributed by atoms with Gasteiger partial charge in [-0.05, 0) is 83.5 Å². The second-order valence-electron chi connectivity index (χ2n) is 26.0. The maximum atomic E-state index is 12.5. The van der Waals surface area contributed by atoms with Crippen LogP contribution in [0.3, 0.4) is 0 Å². The summed E-state index contributed by atoms with van der Waals surface area (Å²) in [6.07, 6.45) is 93.5. The maximum Gasteiger partial charge on any atom is 0.305 e. The summed E-state index contributed by atoms with van der Waals surface area (Å²) in [6, 6.07) is -0.542. The van der Waals surface area contributed by atoms with E-state index >= 15 is 0 Å². The second kappa shape index (κ2) is 72.6. The molecular formula is C77H147NO5. The number of nitrogens with one attached hydrogen (secondary N) is 1. The Labute approximate surface area is 519 Å². The Bertz CT molecular complexity index is 1340. The monoisotopic (exact) mass is 1170 g/mol. The Hall–Kier alpha value is -1.92. The summed E-state index contributed by atoms with van der Waals surface area (Å²) in [5.74, 6) is -0.0239. The van der Waals surface area contributed by atoms with Crippen molar-refractivity contribution in [1.29, 1.82) is 0 Å². The number of amides is 1. The van der Waals surface area contributed by atoms with Crippen molar-refractivity contribution in [3.05, 3.63) is 36.5 Å². The van der Waals surface area contributed by atoms with Crippen LogP contribution in [0.25, 0.3) is 0 Å². The summed E-state index contributed by atoms with van der Waals surface area (Å²) in [4.78, 5) is 24.6. The zero-order valence-corrected chi connectivity index (χ0v) is 56.2. The van der Waals surface area contributed by atoms with Gasteiger partial charge in [0.1, 0.15) is 0 Å². The summed E-state index contributed by atoms with van der Waals surface area (Å²) >= 11 is 0. The van der Waals surface area contributed by atoms with E-state index in [1.165, 1.54) is 334 Å². The lowest BCUT2D eigenvalue weighted by Crippen LogP contribution is -2.45. The number of esters is 1. The fraction of sp³-hybridized carbons (Fsp3) is 0.896. The summed E-state index contributed by atoms with van der Waals surface area (Å²) in [5.41, 5.74) is 0. The van der Waals surface area contributed by atoms with E-state index in [2.05, 4.69) is 55.6 Å². The van der Waals surface area contributed by atoms with Crippen LogP contribution in [-0.2, 0) is 14.3 Å². The Morgan fingerprint density at radius 3 is 0.928 bits per heavy atom. The number of hydrogen-bond acceptors (Lipinski definition) is 5. The molecule has 0 saturated carbocycles. The smallest absolute Gasteiger partial charge is 0.305 e. The van der Waals surface area contributed by atoms with Gasteiger partial charge in [0.25, 0.3) is 0 Å². The number of carbonyl (C=O) groups is 2. The van der Waals surface area contributed by atoms with E-state index in [9.17, 15) is 19.8 Å². The summed E-state index contributed by atoms with van der Waals surface area (Å²) in [7, 11) is 0. The maximum absolute atomic E-state index is 12.5. The van der Waals surface area contributed by atoms with Gasteiger partial charge >= 0.3 is 5.97 Å². The molecule has 0 aromatic carbocycles. The minimum absolute atomic E-state index is 0.00643. The molecule has 0 spiro atoms. The highest BCUT2D eigenvalue weighted by atomic mass is 16.5. The average Bonchev–Trinajstić information content (AvgIpc) is 3.48. The van der Waals surface area contributed by atoms with Gasteiger partial charge < -0.3 is 20.3 Å². The summed E-state index contributed by atoms with van der Waals surface area (Å²) in [5, 5.41) is 23.4. The Morgan fingerprint density at radius 1 is 0.337 bits per heavy atom. The van der Waals surface area contributed by atoms with Crippen molar-refractivity contribution in [2.45, 2.75) is 431 Å². The van der Waals surface area contributed by atoms with Crippen molar-refractivity contribution in [3.8, 4) is 0 Å². The molecule has 0 rings (SSSR count). The Morgan fingerprint density at radius 2 is 0.602 bits per heavy atom. The molecular weight excluding hydrogens is 1020 g/mol. The molecule has 0 aromatic heterocycles. The van der Waals surface area contributed by atoms with Gasteiger partial charge in [-0.1, -0.05) is 359 Å². The van der Waals surface area contributed by atoms with E-state index in [0.717, 1.165) is 51.4 Å². The van der Waals surface area contributed by atoms with E-state index in [1.54, 1.807) is 0 Å². The van der Waals surface area contributed by atoms with Gasteiger partial charge in [-0.2, -0.15) is 0 Å². The number of aliphatic hydroxyl groups excluding tert-OH is 2. The van der Waals surface area contributed by atoms with Crippen molar-refractivity contribution in [1.82, 2.24) is 5.32 Å². The van der Waals surface area contributed by atoms with E-state index in [-0.39, 0.29) is 18.5 Å². The first kappa shape index (κ1) is 81.1. The molecule has 490 valence electrons. The van der Waals surface area contributed by atoms with Crippen LogP contribution >= 0.6 is 0 Å². The Kier molecular flexibility index (Phi) is 70.9. The van der Waals surface area contributed by atoms with Crippen molar-refractivity contribution >= 4 is 11.9 Å². The highest BCUT2D eigenvalue weighted by Crippen LogP contribution is 2.19. The molecule has 0 aromatic rings. The second-order valence-corrected chi connectivity index (χ2v) is 26.0. The Balaban J connectivity index is 3.39. The molecule has 83 heavy (non-hydrogen) atoms. The molecule has 0 bridgehead atoms. The van der Waals surface area contributed by atoms with E-state index in [1.807, 2.05) is 0 Å². The van der Waals surface area contributed by atoms with E-state index in [4.69, 9.17) is 4.74 Å². The molecule has 6 nitrogen and oxygen atoms in total. The van der Waals surface area contributed by atoms with Gasteiger partial charge in [0.05, 0.1) is 25.4 Å². The number of aliphatic hydroxyl groups is 2. The number of carbonyl (C=O) groups excluding carboxylic acids is 2. The third-order valence-electron chi connectivity index (χ3n) is 17.7. The SMILES string of the molecule is CCCCCCCCC/C=C\CCCCCCCC(=O)OCCCCCCCCCCC/C=C\C/C=C\CCCCCCCCCCCCCCCCCC(=O)NC(CO)C(O)CCCCCCCCCCCCCCCCCCCCC. The molecule has 3 N–H and O–H groups in total. The van der Waals surface area contributed by atoms with Crippen LogP contribution in [0, 0.1) is 0 Å².